The minimum Gasteiger partial charge on any atom is -0.546 e. The molecule has 0 unspecified atom stereocenters. The molecule has 1 aromatic heterocycles. The second-order valence-electron chi connectivity index (χ2n) is 6.22. The number of nitrogens with one attached hydrogen (secondary N) is 1. The molecule has 1 N–H and O–H groups in total. The van der Waals surface area contributed by atoms with Crippen molar-refractivity contribution in [1.29, 1.82) is 0 Å². The number of nitrogens with zero attached hydrogens (tertiary/aromatic N) is 1. The van der Waals surface area contributed by atoms with Gasteiger partial charge in [0.05, 0.1) is 12.2 Å². The standard InChI is InChI=1S/C21H18N2O7/c1-13-8-21(27)30-18-9-16(6-7-17(13)18)28-11-19(24)23-22-10-14-2-4-15(5-3-14)29-12-20(25)26/h2-10H,11-12H2,1H3,(H,23,24)(H,25,26)/p-1/b22-10-. The molecule has 2 aromatic carbocycles. The number of hydrazone groups is 1. The normalized spacial score (nSPS) is 10.8. The number of carboxylic acid groups (broad SMARTS) is 1. The molecule has 30 heavy (non-hydrogen) atoms. The van der Waals surface area contributed by atoms with Crippen molar-refractivity contribution < 1.29 is 28.6 Å². The van der Waals surface area contributed by atoms with Crippen LogP contribution >= 0.6 is 0 Å². The average Bonchev–Trinajstić information content (AvgIpc) is 2.71. The maximum Gasteiger partial charge on any atom is 0.336 e. The molecule has 0 fully saturated rings. The average molecular weight is 409 g/mol. The first-order chi connectivity index (χ1) is 14.4. The first-order valence-electron chi connectivity index (χ1n) is 8.82. The maximum atomic E-state index is 11.9. The maximum absolute atomic E-state index is 11.9. The predicted molar refractivity (Wildman–Crippen MR) is 105 cm³/mol. The lowest BCUT2D eigenvalue weighted by molar-refractivity contribution is -0.307. The van der Waals surface area contributed by atoms with Crippen LogP contribution in [0.3, 0.4) is 0 Å². The molecular weight excluding hydrogens is 392 g/mol. The smallest absolute Gasteiger partial charge is 0.336 e. The monoisotopic (exact) mass is 409 g/mol. The van der Waals surface area contributed by atoms with Gasteiger partial charge in [0.1, 0.15) is 23.7 Å². The third-order valence-corrected chi connectivity index (χ3v) is 3.93. The van der Waals surface area contributed by atoms with Gasteiger partial charge in [-0.05, 0) is 54.4 Å². The van der Waals surface area contributed by atoms with Gasteiger partial charge < -0.3 is 23.8 Å². The molecular formula is C21H17N2O7-. The van der Waals surface area contributed by atoms with Crippen molar-refractivity contribution in [3.8, 4) is 11.5 Å². The highest BCUT2D eigenvalue weighted by Gasteiger charge is 2.06. The van der Waals surface area contributed by atoms with Crippen molar-refractivity contribution in [2.75, 3.05) is 13.2 Å². The van der Waals surface area contributed by atoms with Crippen molar-refractivity contribution >= 4 is 29.1 Å². The lowest BCUT2D eigenvalue weighted by Crippen LogP contribution is -2.28. The van der Waals surface area contributed by atoms with E-state index in [0.717, 1.165) is 10.9 Å². The summed E-state index contributed by atoms with van der Waals surface area (Å²) in [6.07, 6.45) is 1.41. The van der Waals surface area contributed by atoms with Gasteiger partial charge in [0.2, 0.25) is 0 Å². The van der Waals surface area contributed by atoms with Crippen LogP contribution in [-0.2, 0) is 9.59 Å². The number of hydrogen-bond acceptors (Lipinski definition) is 8. The summed E-state index contributed by atoms with van der Waals surface area (Å²) in [5.74, 6) is -1.04. The zero-order chi connectivity index (χ0) is 21.5. The molecule has 3 rings (SSSR count). The molecule has 0 aliphatic heterocycles. The van der Waals surface area contributed by atoms with E-state index in [-0.39, 0.29) is 6.61 Å². The number of aliphatic carboxylic acids is 1. The number of amides is 1. The molecule has 9 nitrogen and oxygen atoms in total. The Labute approximate surface area is 170 Å². The Hall–Kier alpha value is -4.14. The molecule has 0 atom stereocenters. The first kappa shape index (κ1) is 20.6. The summed E-state index contributed by atoms with van der Waals surface area (Å²) >= 11 is 0. The van der Waals surface area contributed by atoms with Crippen LogP contribution in [0.5, 0.6) is 11.5 Å². The summed E-state index contributed by atoms with van der Waals surface area (Å²) in [5, 5.41) is 15.0. The van der Waals surface area contributed by atoms with E-state index < -0.39 is 24.1 Å². The van der Waals surface area contributed by atoms with Crippen LogP contribution in [0.25, 0.3) is 11.0 Å². The molecule has 0 saturated carbocycles. The van der Waals surface area contributed by atoms with Crippen molar-refractivity contribution in [1.82, 2.24) is 5.43 Å². The van der Waals surface area contributed by atoms with Crippen LogP contribution in [0.2, 0.25) is 0 Å². The van der Waals surface area contributed by atoms with Crippen molar-refractivity contribution in [3.05, 3.63) is 70.1 Å². The molecule has 0 bridgehead atoms. The van der Waals surface area contributed by atoms with E-state index in [1.165, 1.54) is 12.3 Å². The number of fused-ring (bicyclic) bond motifs is 1. The number of carbonyl (C=O) groups excluding carboxylic acids is 2. The Balaban J connectivity index is 1.50. The quantitative estimate of drug-likeness (QED) is 0.330. The van der Waals surface area contributed by atoms with Gasteiger partial charge in [0.15, 0.2) is 6.61 Å². The van der Waals surface area contributed by atoms with Gasteiger partial charge in [-0.2, -0.15) is 5.10 Å². The number of benzene rings is 2. The summed E-state index contributed by atoms with van der Waals surface area (Å²) in [6, 6.07) is 12.8. The molecule has 0 spiro atoms. The fourth-order valence-corrected chi connectivity index (χ4v) is 2.55. The van der Waals surface area contributed by atoms with Crippen molar-refractivity contribution in [2.45, 2.75) is 6.92 Å². The Morgan fingerprint density at radius 2 is 1.77 bits per heavy atom. The van der Waals surface area contributed by atoms with Gasteiger partial charge in [-0.25, -0.2) is 10.2 Å². The van der Waals surface area contributed by atoms with E-state index in [1.54, 1.807) is 49.4 Å². The number of rotatable bonds is 8. The molecule has 0 radical (unpaired) electrons. The van der Waals surface area contributed by atoms with Crippen LogP contribution in [-0.4, -0.2) is 31.3 Å². The number of aryl methyl sites for hydroxylation is 1. The van der Waals surface area contributed by atoms with Crippen LogP contribution < -0.4 is 25.6 Å². The number of carboxylic acids is 1. The van der Waals surface area contributed by atoms with Gasteiger partial charge >= 0.3 is 5.63 Å². The van der Waals surface area contributed by atoms with Gasteiger partial charge in [0, 0.05) is 17.5 Å². The van der Waals surface area contributed by atoms with Gasteiger partial charge in [-0.3, -0.25) is 4.79 Å². The highest BCUT2D eigenvalue weighted by atomic mass is 16.5. The zero-order valence-corrected chi connectivity index (χ0v) is 15.9. The Bertz CT molecular complexity index is 1150. The number of carbonyl (C=O) groups is 2. The minimum absolute atomic E-state index is 0.283. The number of ether oxygens (including phenoxy) is 2. The van der Waals surface area contributed by atoms with Crippen molar-refractivity contribution in [3.63, 3.8) is 0 Å². The topological polar surface area (TPSA) is 130 Å². The van der Waals surface area contributed by atoms with Crippen LogP contribution in [0.15, 0.2) is 62.8 Å². The summed E-state index contributed by atoms with van der Waals surface area (Å²) < 4.78 is 15.5. The summed E-state index contributed by atoms with van der Waals surface area (Å²) in [4.78, 5) is 33.7. The molecule has 154 valence electrons. The van der Waals surface area contributed by atoms with Crippen LogP contribution in [0.1, 0.15) is 11.1 Å². The second kappa shape index (κ2) is 9.37. The fraction of sp³-hybridized carbons (Fsp3) is 0.143. The largest absolute Gasteiger partial charge is 0.546 e. The van der Waals surface area contributed by atoms with Gasteiger partial charge in [0.25, 0.3) is 5.91 Å². The van der Waals surface area contributed by atoms with E-state index in [0.29, 0.717) is 22.6 Å². The minimum atomic E-state index is -1.31. The Morgan fingerprint density at radius 1 is 1.07 bits per heavy atom. The fourth-order valence-electron chi connectivity index (χ4n) is 2.55. The third kappa shape index (κ3) is 5.68. The SMILES string of the molecule is Cc1cc(=O)oc2cc(OCC(=O)N/N=C\c3ccc(OCC(=O)[O-])cc3)ccc12. The summed E-state index contributed by atoms with van der Waals surface area (Å²) in [6.45, 7) is 0.987. The Kier molecular flexibility index (Phi) is 6.43. The molecule has 0 aliphatic carbocycles. The predicted octanol–water partition coefficient (Wildman–Crippen LogP) is 0.759. The van der Waals surface area contributed by atoms with Gasteiger partial charge in [-0.15, -0.1) is 0 Å². The Morgan fingerprint density at radius 3 is 2.50 bits per heavy atom. The highest BCUT2D eigenvalue weighted by molar-refractivity contribution is 5.83. The summed E-state index contributed by atoms with van der Waals surface area (Å²) in [5.41, 5.74) is 3.70. The lowest BCUT2D eigenvalue weighted by Gasteiger charge is -2.07. The molecule has 3 aromatic rings. The van der Waals surface area contributed by atoms with E-state index in [1.807, 2.05) is 0 Å². The second-order valence-corrected chi connectivity index (χ2v) is 6.22. The van der Waals surface area contributed by atoms with E-state index in [9.17, 15) is 19.5 Å². The first-order valence-corrected chi connectivity index (χ1v) is 8.82. The highest BCUT2D eigenvalue weighted by Crippen LogP contribution is 2.22. The number of hydrogen-bond donors (Lipinski definition) is 1. The van der Waals surface area contributed by atoms with Crippen molar-refractivity contribution in [2.24, 2.45) is 5.10 Å². The van der Waals surface area contributed by atoms with E-state index in [4.69, 9.17) is 13.9 Å². The van der Waals surface area contributed by atoms with Crippen LogP contribution in [0.4, 0.5) is 0 Å². The molecule has 1 heterocycles. The van der Waals surface area contributed by atoms with E-state index in [2.05, 4.69) is 10.5 Å². The zero-order valence-electron chi connectivity index (χ0n) is 15.9. The lowest BCUT2D eigenvalue weighted by atomic mass is 10.1. The van der Waals surface area contributed by atoms with Crippen LogP contribution in [0, 0.1) is 6.92 Å². The molecule has 0 saturated heterocycles. The summed E-state index contributed by atoms with van der Waals surface area (Å²) in [7, 11) is 0. The third-order valence-electron chi connectivity index (χ3n) is 3.93. The molecule has 9 heteroatoms. The van der Waals surface area contributed by atoms with E-state index >= 15 is 0 Å². The van der Waals surface area contributed by atoms with Gasteiger partial charge in [-0.1, -0.05) is 0 Å². The molecule has 0 aliphatic rings. The molecule has 1 amide bonds.